The molecule has 78 valence electrons. The zero-order chi connectivity index (χ0) is 10.8. The molecule has 0 radical (unpaired) electrons. The molecule has 0 saturated heterocycles. The molecular formula is C10H9BrN2O2. The lowest BCUT2D eigenvalue weighted by Gasteiger charge is -2.07. The monoisotopic (exact) mass is 268 g/mol. The van der Waals surface area contributed by atoms with Crippen LogP contribution in [0.3, 0.4) is 0 Å². The Bertz CT molecular complexity index is 453. The number of aliphatic hydroxyl groups is 1. The maximum Gasteiger partial charge on any atom is 0.156 e. The summed E-state index contributed by atoms with van der Waals surface area (Å²) in [5.41, 5.74) is 1.28. The van der Waals surface area contributed by atoms with Crippen molar-refractivity contribution in [2.45, 2.75) is 13.0 Å². The second-order valence-electron chi connectivity index (χ2n) is 3.12. The van der Waals surface area contributed by atoms with E-state index in [1.807, 2.05) is 6.92 Å². The van der Waals surface area contributed by atoms with E-state index in [0.717, 1.165) is 10.2 Å². The lowest BCUT2D eigenvalue weighted by molar-refractivity contribution is 0.183. The third-order valence-electron chi connectivity index (χ3n) is 1.97. The average Bonchev–Trinajstić information content (AvgIpc) is 2.65. The quantitative estimate of drug-likeness (QED) is 0.908. The van der Waals surface area contributed by atoms with Gasteiger partial charge in [0.2, 0.25) is 0 Å². The zero-order valence-electron chi connectivity index (χ0n) is 8.01. The molecule has 1 N–H and O–H groups in total. The van der Waals surface area contributed by atoms with Gasteiger partial charge in [-0.25, -0.2) is 0 Å². The second kappa shape index (κ2) is 4.12. The number of furan rings is 1. The van der Waals surface area contributed by atoms with Gasteiger partial charge in [0.1, 0.15) is 0 Å². The van der Waals surface area contributed by atoms with Gasteiger partial charge in [-0.05, 0) is 28.9 Å². The third-order valence-corrected chi connectivity index (χ3v) is 2.63. The van der Waals surface area contributed by atoms with E-state index < -0.39 is 6.10 Å². The van der Waals surface area contributed by atoms with Gasteiger partial charge in [-0.2, -0.15) is 0 Å². The number of aromatic nitrogens is 2. The van der Waals surface area contributed by atoms with E-state index in [2.05, 4.69) is 25.9 Å². The summed E-state index contributed by atoms with van der Waals surface area (Å²) in [6, 6.07) is 1.72. The smallest absolute Gasteiger partial charge is 0.156 e. The lowest BCUT2D eigenvalue weighted by atomic mass is 10.2. The van der Waals surface area contributed by atoms with Crippen LogP contribution in [0.2, 0.25) is 0 Å². The highest BCUT2D eigenvalue weighted by Gasteiger charge is 2.18. The summed E-state index contributed by atoms with van der Waals surface area (Å²) in [5, 5.41) is 9.93. The number of nitrogens with zero attached hydrogens (tertiary/aromatic N) is 2. The minimum absolute atomic E-state index is 0.438. The zero-order valence-corrected chi connectivity index (χ0v) is 9.60. The first kappa shape index (κ1) is 10.3. The highest BCUT2D eigenvalue weighted by atomic mass is 79.9. The number of aryl methyl sites for hydroxylation is 1. The number of rotatable bonds is 2. The molecule has 0 aliphatic carbocycles. The summed E-state index contributed by atoms with van der Waals surface area (Å²) in [5.74, 6) is 0.438. The van der Waals surface area contributed by atoms with E-state index in [-0.39, 0.29) is 0 Å². The van der Waals surface area contributed by atoms with Crippen molar-refractivity contribution in [3.63, 3.8) is 0 Å². The molecule has 0 bridgehead atoms. The SMILES string of the molecule is Cc1cnc(C(O)c2occc2Br)cn1. The Labute approximate surface area is 95.1 Å². The van der Waals surface area contributed by atoms with Crippen LogP contribution in [0.25, 0.3) is 0 Å². The van der Waals surface area contributed by atoms with E-state index in [0.29, 0.717) is 11.5 Å². The number of aliphatic hydroxyl groups excluding tert-OH is 1. The molecule has 1 unspecified atom stereocenters. The van der Waals surface area contributed by atoms with E-state index in [4.69, 9.17) is 4.42 Å². The van der Waals surface area contributed by atoms with Gasteiger partial charge >= 0.3 is 0 Å². The minimum atomic E-state index is -0.887. The maximum absolute atomic E-state index is 9.93. The Kier molecular flexibility index (Phi) is 2.83. The standard InChI is InChI=1S/C10H9BrN2O2/c1-6-4-13-8(5-12-6)9(14)10-7(11)2-3-15-10/h2-5,9,14H,1H3. The van der Waals surface area contributed by atoms with Crippen molar-refractivity contribution in [2.75, 3.05) is 0 Å². The van der Waals surface area contributed by atoms with E-state index in [9.17, 15) is 5.11 Å². The number of halogens is 1. The predicted octanol–water partition coefficient (Wildman–Crippen LogP) is 2.22. The molecule has 2 aromatic rings. The summed E-state index contributed by atoms with van der Waals surface area (Å²) in [6.07, 6.45) is 3.76. The van der Waals surface area contributed by atoms with Gasteiger partial charge in [0.05, 0.1) is 28.3 Å². The Hall–Kier alpha value is -1.20. The van der Waals surface area contributed by atoms with E-state index in [1.165, 1.54) is 12.5 Å². The van der Waals surface area contributed by atoms with Crippen molar-refractivity contribution in [2.24, 2.45) is 0 Å². The van der Waals surface area contributed by atoms with Crippen molar-refractivity contribution in [1.29, 1.82) is 0 Å². The van der Waals surface area contributed by atoms with Crippen molar-refractivity contribution >= 4 is 15.9 Å². The summed E-state index contributed by atoms with van der Waals surface area (Å²) in [7, 11) is 0. The molecule has 5 heteroatoms. The van der Waals surface area contributed by atoms with Gasteiger partial charge in [-0.15, -0.1) is 0 Å². The van der Waals surface area contributed by atoms with Crippen LogP contribution in [0.4, 0.5) is 0 Å². The summed E-state index contributed by atoms with van der Waals surface area (Å²) in [6.45, 7) is 1.84. The van der Waals surface area contributed by atoms with Crippen LogP contribution < -0.4 is 0 Å². The summed E-state index contributed by atoms with van der Waals surface area (Å²) >= 11 is 3.28. The van der Waals surface area contributed by atoms with E-state index in [1.54, 1.807) is 12.3 Å². The molecule has 0 amide bonds. The first-order valence-electron chi connectivity index (χ1n) is 4.38. The Morgan fingerprint density at radius 1 is 1.40 bits per heavy atom. The summed E-state index contributed by atoms with van der Waals surface area (Å²) < 4.78 is 5.87. The van der Waals surface area contributed by atoms with Gasteiger partial charge in [0.15, 0.2) is 11.9 Å². The van der Waals surface area contributed by atoms with Crippen LogP contribution in [0.1, 0.15) is 23.3 Å². The van der Waals surface area contributed by atoms with Crippen LogP contribution in [-0.4, -0.2) is 15.1 Å². The van der Waals surface area contributed by atoms with Gasteiger partial charge in [-0.1, -0.05) is 0 Å². The van der Waals surface area contributed by atoms with Gasteiger partial charge in [0.25, 0.3) is 0 Å². The largest absolute Gasteiger partial charge is 0.465 e. The second-order valence-corrected chi connectivity index (χ2v) is 3.97. The van der Waals surface area contributed by atoms with Crippen molar-refractivity contribution in [1.82, 2.24) is 9.97 Å². The van der Waals surface area contributed by atoms with Crippen LogP contribution in [-0.2, 0) is 0 Å². The summed E-state index contributed by atoms with van der Waals surface area (Å²) in [4.78, 5) is 8.14. The fraction of sp³-hybridized carbons (Fsp3) is 0.200. The molecule has 0 aromatic carbocycles. The first-order valence-corrected chi connectivity index (χ1v) is 5.17. The van der Waals surface area contributed by atoms with Gasteiger partial charge in [-0.3, -0.25) is 9.97 Å². The van der Waals surface area contributed by atoms with Crippen molar-refractivity contribution < 1.29 is 9.52 Å². The maximum atomic E-state index is 9.93. The van der Waals surface area contributed by atoms with Crippen molar-refractivity contribution in [3.05, 3.63) is 46.3 Å². The van der Waals surface area contributed by atoms with E-state index >= 15 is 0 Å². The highest BCUT2D eigenvalue weighted by molar-refractivity contribution is 9.10. The fourth-order valence-corrected chi connectivity index (χ4v) is 1.60. The molecule has 0 aliphatic heterocycles. The molecule has 2 aromatic heterocycles. The highest BCUT2D eigenvalue weighted by Crippen LogP contribution is 2.27. The van der Waals surface area contributed by atoms with Gasteiger partial charge in [0, 0.05) is 6.20 Å². The molecule has 0 aliphatic rings. The predicted molar refractivity (Wildman–Crippen MR) is 57.2 cm³/mol. The Morgan fingerprint density at radius 3 is 2.73 bits per heavy atom. The molecule has 0 fully saturated rings. The van der Waals surface area contributed by atoms with Crippen LogP contribution in [0, 0.1) is 6.92 Å². The van der Waals surface area contributed by atoms with Crippen LogP contribution in [0.5, 0.6) is 0 Å². The Balaban J connectivity index is 2.32. The van der Waals surface area contributed by atoms with Crippen LogP contribution in [0.15, 0.2) is 33.6 Å². The molecule has 4 nitrogen and oxygen atoms in total. The van der Waals surface area contributed by atoms with Crippen LogP contribution >= 0.6 is 15.9 Å². The number of hydrogen-bond donors (Lipinski definition) is 1. The molecular weight excluding hydrogens is 260 g/mol. The molecule has 1 atom stereocenters. The normalized spacial score (nSPS) is 12.7. The molecule has 2 rings (SSSR count). The molecule has 0 spiro atoms. The fourth-order valence-electron chi connectivity index (χ4n) is 1.18. The minimum Gasteiger partial charge on any atom is -0.465 e. The molecule has 15 heavy (non-hydrogen) atoms. The first-order chi connectivity index (χ1) is 7.18. The van der Waals surface area contributed by atoms with Gasteiger partial charge < -0.3 is 9.52 Å². The Morgan fingerprint density at radius 2 is 2.20 bits per heavy atom. The molecule has 0 saturated carbocycles. The van der Waals surface area contributed by atoms with Crippen molar-refractivity contribution in [3.8, 4) is 0 Å². The average molecular weight is 269 g/mol. The lowest BCUT2D eigenvalue weighted by Crippen LogP contribution is -2.02. The molecule has 2 heterocycles. The number of hydrogen-bond acceptors (Lipinski definition) is 4. The topological polar surface area (TPSA) is 59.2 Å². The third kappa shape index (κ3) is 2.08.